The van der Waals surface area contributed by atoms with E-state index in [1.54, 1.807) is 11.3 Å². The standard InChI is InChI=1S/C18H17NO2S2/c1-12-7-8-14(9-13(12)2)22-11-18(20)21-10-17-19-15-5-3-4-6-16(15)23-17/h3-9H,10-11H2,1-2H3. The van der Waals surface area contributed by atoms with E-state index < -0.39 is 0 Å². The maximum absolute atomic E-state index is 11.9. The van der Waals surface area contributed by atoms with E-state index in [2.05, 4.69) is 31.0 Å². The van der Waals surface area contributed by atoms with Crippen LogP contribution in [0.25, 0.3) is 10.2 Å². The Morgan fingerprint density at radius 3 is 2.78 bits per heavy atom. The molecule has 0 saturated heterocycles. The summed E-state index contributed by atoms with van der Waals surface area (Å²) in [5, 5.41) is 0.829. The van der Waals surface area contributed by atoms with Crippen molar-refractivity contribution in [3.05, 3.63) is 58.6 Å². The minimum atomic E-state index is -0.215. The lowest BCUT2D eigenvalue weighted by atomic mass is 10.1. The molecule has 1 heterocycles. The average Bonchev–Trinajstić information content (AvgIpc) is 2.97. The van der Waals surface area contributed by atoms with E-state index in [-0.39, 0.29) is 12.6 Å². The number of nitrogens with zero attached hydrogens (tertiary/aromatic N) is 1. The lowest BCUT2D eigenvalue weighted by Gasteiger charge is -2.05. The van der Waals surface area contributed by atoms with E-state index in [1.807, 2.05) is 30.3 Å². The summed E-state index contributed by atoms with van der Waals surface area (Å²) < 4.78 is 6.44. The number of aryl methyl sites for hydroxylation is 2. The molecular weight excluding hydrogens is 326 g/mol. The Morgan fingerprint density at radius 1 is 1.17 bits per heavy atom. The maximum Gasteiger partial charge on any atom is 0.316 e. The van der Waals surface area contributed by atoms with Crippen molar-refractivity contribution >= 4 is 39.3 Å². The van der Waals surface area contributed by atoms with Gasteiger partial charge in [-0.05, 0) is 49.2 Å². The van der Waals surface area contributed by atoms with Crippen LogP contribution in [0.3, 0.4) is 0 Å². The van der Waals surface area contributed by atoms with Gasteiger partial charge in [0, 0.05) is 4.90 Å². The van der Waals surface area contributed by atoms with Crippen LogP contribution in [0.2, 0.25) is 0 Å². The fraction of sp³-hybridized carbons (Fsp3) is 0.222. The normalized spacial score (nSPS) is 10.9. The number of para-hydroxylation sites is 1. The molecule has 0 amide bonds. The summed E-state index contributed by atoms with van der Waals surface area (Å²) >= 11 is 3.06. The number of hydrogen-bond donors (Lipinski definition) is 0. The lowest BCUT2D eigenvalue weighted by Crippen LogP contribution is -2.07. The lowest BCUT2D eigenvalue weighted by molar-refractivity contribution is -0.141. The molecule has 0 atom stereocenters. The van der Waals surface area contributed by atoms with Crippen LogP contribution in [-0.4, -0.2) is 16.7 Å². The van der Waals surface area contributed by atoms with Crippen molar-refractivity contribution in [3.8, 4) is 0 Å². The summed E-state index contributed by atoms with van der Waals surface area (Å²) in [4.78, 5) is 17.4. The van der Waals surface area contributed by atoms with Crippen LogP contribution in [0.4, 0.5) is 0 Å². The molecule has 3 rings (SSSR count). The van der Waals surface area contributed by atoms with E-state index in [9.17, 15) is 4.79 Å². The fourth-order valence-electron chi connectivity index (χ4n) is 2.11. The summed E-state index contributed by atoms with van der Waals surface area (Å²) in [5.74, 6) is 0.0976. The van der Waals surface area contributed by atoms with Gasteiger partial charge in [0.15, 0.2) is 0 Å². The van der Waals surface area contributed by atoms with E-state index in [4.69, 9.17) is 4.74 Å². The summed E-state index contributed by atoms with van der Waals surface area (Å²) in [6.07, 6.45) is 0. The van der Waals surface area contributed by atoms with Crippen LogP contribution in [0.5, 0.6) is 0 Å². The number of carbonyl (C=O) groups excluding carboxylic acids is 1. The Balaban J connectivity index is 1.52. The van der Waals surface area contributed by atoms with Gasteiger partial charge in [0.25, 0.3) is 0 Å². The molecule has 2 aromatic carbocycles. The van der Waals surface area contributed by atoms with Gasteiger partial charge >= 0.3 is 5.97 Å². The zero-order chi connectivity index (χ0) is 16.2. The zero-order valence-electron chi connectivity index (χ0n) is 13.0. The molecule has 0 N–H and O–H groups in total. The van der Waals surface area contributed by atoms with Crippen molar-refractivity contribution in [3.63, 3.8) is 0 Å². The highest BCUT2D eigenvalue weighted by Gasteiger charge is 2.08. The number of aromatic nitrogens is 1. The first-order chi connectivity index (χ1) is 11.1. The van der Waals surface area contributed by atoms with E-state index in [0.717, 1.165) is 20.1 Å². The van der Waals surface area contributed by atoms with Gasteiger partial charge in [-0.2, -0.15) is 0 Å². The third-order valence-electron chi connectivity index (χ3n) is 3.53. The second kappa shape index (κ2) is 7.15. The molecule has 0 radical (unpaired) electrons. The van der Waals surface area contributed by atoms with Crippen LogP contribution < -0.4 is 0 Å². The Kier molecular flexibility index (Phi) is 4.98. The van der Waals surface area contributed by atoms with Crippen molar-refractivity contribution in [2.75, 3.05) is 5.75 Å². The summed E-state index contributed by atoms with van der Waals surface area (Å²) in [7, 11) is 0. The largest absolute Gasteiger partial charge is 0.458 e. The number of benzene rings is 2. The van der Waals surface area contributed by atoms with E-state index >= 15 is 0 Å². The Bertz CT molecular complexity index is 809. The number of ether oxygens (including phenoxy) is 1. The van der Waals surface area contributed by atoms with Crippen LogP contribution in [0.15, 0.2) is 47.4 Å². The average molecular weight is 343 g/mol. The van der Waals surface area contributed by atoms with Crippen LogP contribution in [-0.2, 0) is 16.1 Å². The molecule has 0 aliphatic heterocycles. The van der Waals surface area contributed by atoms with Gasteiger partial charge < -0.3 is 4.74 Å². The third-order valence-corrected chi connectivity index (χ3v) is 5.51. The first-order valence-electron chi connectivity index (χ1n) is 7.32. The number of hydrogen-bond acceptors (Lipinski definition) is 5. The smallest absolute Gasteiger partial charge is 0.316 e. The van der Waals surface area contributed by atoms with Gasteiger partial charge in [0.05, 0.1) is 16.0 Å². The molecule has 3 aromatic rings. The predicted molar refractivity (Wildman–Crippen MR) is 96.1 cm³/mol. The molecule has 0 bridgehead atoms. The molecule has 3 nitrogen and oxygen atoms in total. The summed E-state index contributed by atoms with van der Waals surface area (Å²) in [6.45, 7) is 4.40. The molecule has 1 aromatic heterocycles. The van der Waals surface area contributed by atoms with Gasteiger partial charge in [-0.25, -0.2) is 4.98 Å². The molecule has 0 unspecified atom stereocenters. The number of esters is 1. The molecular formula is C18H17NO2S2. The fourth-order valence-corrected chi connectivity index (χ4v) is 3.78. The highest BCUT2D eigenvalue weighted by molar-refractivity contribution is 8.00. The van der Waals surface area contributed by atoms with Gasteiger partial charge in [-0.15, -0.1) is 23.1 Å². The van der Waals surface area contributed by atoms with Crippen molar-refractivity contribution in [2.45, 2.75) is 25.3 Å². The number of fused-ring (bicyclic) bond motifs is 1. The topological polar surface area (TPSA) is 39.2 Å². The molecule has 0 spiro atoms. The molecule has 118 valence electrons. The Hall–Kier alpha value is -1.85. The van der Waals surface area contributed by atoms with Crippen molar-refractivity contribution in [1.29, 1.82) is 0 Å². The van der Waals surface area contributed by atoms with Gasteiger partial charge in [-0.1, -0.05) is 18.2 Å². The van der Waals surface area contributed by atoms with Crippen molar-refractivity contribution < 1.29 is 9.53 Å². The highest BCUT2D eigenvalue weighted by atomic mass is 32.2. The van der Waals surface area contributed by atoms with E-state index in [0.29, 0.717) is 5.75 Å². The monoisotopic (exact) mass is 343 g/mol. The quantitative estimate of drug-likeness (QED) is 0.495. The SMILES string of the molecule is Cc1ccc(SCC(=O)OCc2nc3ccccc3s2)cc1C. The second-order valence-electron chi connectivity index (χ2n) is 5.27. The Morgan fingerprint density at radius 2 is 2.00 bits per heavy atom. The van der Waals surface area contributed by atoms with Crippen LogP contribution in [0, 0.1) is 13.8 Å². The number of thiazole rings is 1. The van der Waals surface area contributed by atoms with E-state index in [1.165, 1.54) is 22.9 Å². The predicted octanol–water partition coefficient (Wildman–Crippen LogP) is 4.75. The molecule has 0 fully saturated rings. The molecule has 5 heteroatoms. The third kappa shape index (κ3) is 4.12. The van der Waals surface area contributed by atoms with Crippen molar-refractivity contribution in [2.24, 2.45) is 0 Å². The van der Waals surface area contributed by atoms with Gasteiger partial charge in [0.2, 0.25) is 0 Å². The molecule has 0 aliphatic rings. The summed E-state index contributed by atoms with van der Waals surface area (Å²) in [5.41, 5.74) is 3.44. The first-order valence-corrected chi connectivity index (χ1v) is 9.12. The minimum Gasteiger partial charge on any atom is -0.458 e. The van der Waals surface area contributed by atoms with Crippen LogP contribution in [0.1, 0.15) is 16.1 Å². The number of thioether (sulfide) groups is 1. The van der Waals surface area contributed by atoms with Crippen molar-refractivity contribution in [1.82, 2.24) is 4.98 Å². The molecule has 0 saturated carbocycles. The number of carbonyl (C=O) groups is 1. The molecule has 23 heavy (non-hydrogen) atoms. The van der Waals surface area contributed by atoms with Gasteiger partial charge in [-0.3, -0.25) is 4.79 Å². The summed E-state index contributed by atoms with van der Waals surface area (Å²) in [6, 6.07) is 14.1. The highest BCUT2D eigenvalue weighted by Crippen LogP contribution is 2.23. The van der Waals surface area contributed by atoms with Gasteiger partial charge in [0.1, 0.15) is 11.6 Å². The maximum atomic E-state index is 11.9. The second-order valence-corrected chi connectivity index (χ2v) is 7.43. The Labute approximate surface area is 143 Å². The minimum absolute atomic E-state index is 0.215. The van der Waals surface area contributed by atoms with Crippen LogP contribution >= 0.6 is 23.1 Å². The first kappa shape index (κ1) is 16.0. The molecule has 0 aliphatic carbocycles. The number of rotatable bonds is 5. The zero-order valence-corrected chi connectivity index (χ0v) is 14.7.